The van der Waals surface area contributed by atoms with Crippen molar-refractivity contribution in [1.82, 2.24) is 0 Å². The Morgan fingerprint density at radius 3 is 2.07 bits per heavy atom. The van der Waals surface area contributed by atoms with Gasteiger partial charge in [-0.3, -0.25) is 0 Å². The second-order valence-electron chi connectivity index (χ2n) is 2.74. The highest BCUT2D eigenvalue weighted by atomic mass is 19.3. The number of nitrogens with zero attached hydrogens (tertiary/aromatic N) is 1. The van der Waals surface area contributed by atoms with Crippen LogP contribution in [0.25, 0.3) is 0 Å². The van der Waals surface area contributed by atoms with E-state index in [4.69, 9.17) is 5.26 Å². The fraction of sp³-hybridized carbons (Fsp3) is 0.222. The van der Waals surface area contributed by atoms with Gasteiger partial charge in [0, 0.05) is 0 Å². The SMILES string of the molecule is N#CC(F)(F)C(F)(F)c1ccccc1F. The van der Waals surface area contributed by atoms with Gasteiger partial charge in [0.1, 0.15) is 11.9 Å². The molecule has 0 unspecified atom stereocenters. The predicted molar refractivity (Wildman–Crippen MR) is 40.9 cm³/mol. The standard InChI is InChI=1S/C9H4F5N/c10-7-4-2-1-3-6(7)9(13,14)8(11,12)5-15/h1-4H. The molecular formula is C9H4F5N. The maximum Gasteiger partial charge on any atom is 0.398 e. The molecule has 0 aromatic heterocycles. The first-order valence-corrected chi connectivity index (χ1v) is 3.75. The minimum atomic E-state index is -4.94. The van der Waals surface area contributed by atoms with E-state index < -0.39 is 23.2 Å². The highest BCUT2D eigenvalue weighted by molar-refractivity contribution is 5.27. The summed E-state index contributed by atoms with van der Waals surface area (Å²) in [5, 5.41) is 7.88. The van der Waals surface area contributed by atoms with Crippen LogP contribution in [0.4, 0.5) is 22.0 Å². The Balaban J connectivity index is 3.30. The van der Waals surface area contributed by atoms with Gasteiger partial charge in [-0.05, 0) is 12.1 Å². The van der Waals surface area contributed by atoms with Crippen LogP contribution in [0.2, 0.25) is 0 Å². The van der Waals surface area contributed by atoms with Gasteiger partial charge >= 0.3 is 11.8 Å². The van der Waals surface area contributed by atoms with Gasteiger partial charge in [0.25, 0.3) is 0 Å². The quantitative estimate of drug-likeness (QED) is 0.704. The van der Waals surface area contributed by atoms with E-state index in [0.29, 0.717) is 12.1 Å². The van der Waals surface area contributed by atoms with E-state index >= 15 is 0 Å². The molecule has 0 fully saturated rings. The van der Waals surface area contributed by atoms with Crippen molar-refractivity contribution in [2.75, 3.05) is 0 Å². The zero-order chi connectivity index (χ0) is 11.7. The summed E-state index contributed by atoms with van der Waals surface area (Å²) < 4.78 is 63.8. The molecule has 0 N–H and O–H groups in total. The fourth-order valence-electron chi connectivity index (χ4n) is 0.955. The van der Waals surface area contributed by atoms with E-state index in [0.717, 1.165) is 12.1 Å². The van der Waals surface area contributed by atoms with E-state index in [1.54, 1.807) is 0 Å². The molecule has 0 aliphatic carbocycles. The Kier molecular flexibility index (Phi) is 2.67. The maximum absolute atomic E-state index is 13.0. The lowest BCUT2D eigenvalue weighted by Gasteiger charge is -2.21. The van der Waals surface area contributed by atoms with Gasteiger partial charge in [-0.1, -0.05) is 12.1 Å². The fourth-order valence-corrected chi connectivity index (χ4v) is 0.955. The van der Waals surface area contributed by atoms with Gasteiger partial charge in [-0.2, -0.15) is 22.8 Å². The maximum atomic E-state index is 13.0. The third-order valence-corrected chi connectivity index (χ3v) is 1.75. The Morgan fingerprint density at radius 1 is 1.07 bits per heavy atom. The summed E-state index contributed by atoms with van der Waals surface area (Å²) in [5.41, 5.74) is -1.49. The van der Waals surface area contributed by atoms with E-state index in [-0.39, 0.29) is 6.07 Å². The smallest absolute Gasteiger partial charge is 0.206 e. The van der Waals surface area contributed by atoms with Gasteiger partial charge in [0.05, 0.1) is 5.56 Å². The van der Waals surface area contributed by atoms with Crippen molar-refractivity contribution in [1.29, 1.82) is 5.26 Å². The molecule has 1 nitrogen and oxygen atoms in total. The lowest BCUT2D eigenvalue weighted by Crippen LogP contribution is -2.37. The molecule has 0 amide bonds. The number of halogens is 5. The van der Waals surface area contributed by atoms with Crippen molar-refractivity contribution in [2.24, 2.45) is 0 Å². The van der Waals surface area contributed by atoms with Crippen LogP contribution in [-0.4, -0.2) is 5.92 Å². The van der Waals surface area contributed by atoms with Gasteiger partial charge in [0.2, 0.25) is 0 Å². The molecule has 0 spiro atoms. The van der Waals surface area contributed by atoms with Crippen LogP contribution in [0.3, 0.4) is 0 Å². The Bertz CT molecular complexity index is 407. The first kappa shape index (κ1) is 11.4. The van der Waals surface area contributed by atoms with Crippen LogP contribution in [0.5, 0.6) is 0 Å². The predicted octanol–water partition coefficient (Wildman–Crippen LogP) is 3.08. The summed E-state index contributed by atoms with van der Waals surface area (Å²) in [5.74, 6) is -11.3. The topological polar surface area (TPSA) is 23.8 Å². The van der Waals surface area contributed by atoms with Crippen molar-refractivity contribution in [3.8, 4) is 6.07 Å². The molecule has 1 aromatic rings. The van der Waals surface area contributed by atoms with Gasteiger partial charge in [-0.15, -0.1) is 0 Å². The molecule has 0 radical (unpaired) electrons. The van der Waals surface area contributed by atoms with Crippen LogP contribution in [-0.2, 0) is 5.92 Å². The number of hydrogen-bond acceptors (Lipinski definition) is 1. The lowest BCUT2D eigenvalue weighted by atomic mass is 10.0. The third kappa shape index (κ3) is 1.77. The Labute approximate surface area is 81.7 Å². The summed E-state index contributed by atoms with van der Waals surface area (Å²) in [7, 11) is 0. The molecule has 0 heterocycles. The Hall–Kier alpha value is -1.64. The molecule has 6 heteroatoms. The molecule has 1 rings (SSSR count). The average molecular weight is 221 g/mol. The lowest BCUT2D eigenvalue weighted by molar-refractivity contribution is -0.183. The average Bonchev–Trinajstić information content (AvgIpc) is 2.18. The number of hydrogen-bond donors (Lipinski definition) is 0. The summed E-state index contributed by atoms with van der Waals surface area (Å²) in [6.07, 6.45) is 0. The highest BCUT2D eigenvalue weighted by Gasteiger charge is 2.59. The second-order valence-corrected chi connectivity index (χ2v) is 2.74. The number of rotatable bonds is 2. The molecule has 0 aliphatic heterocycles. The largest absolute Gasteiger partial charge is 0.398 e. The van der Waals surface area contributed by atoms with Gasteiger partial charge in [-0.25, -0.2) is 4.39 Å². The van der Waals surface area contributed by atoms with Crippen LogP contribution in [0.1, 0.15) is 5.56 Å². The molecular weight excluding hydrogens is 217 g/mol. The van der Waals surface area contributed by atoms with Crippen molar-refractivity contribution >= 4 is 0 Å². The molecule has 0 atom stereocenters. The van der Waals surface area contributed by atoms with Crippen LogP contribution in [0, 0.1) is 17.1 Å². The minimum Gasteiger partial charge on any atom is -0.206 e. The first-order chi connectivity index (χ1) is 6.83. The molecule has 0 aliphatic rings. The zero-order valence-corrected chi connectivity index (χ0v) is 7.15. The van der Waals surface area contributed by atoms with Crippen molar-refractivity contribution in [2.45, 2.75) is 11.8 Å². The Morgan fingerprint density at radius 2 is 1.60 bits per heavy atom. The molecule has 0 saturated heterocycles. The summed E-state index contributed by atoms with van der Waals surface area (Å²) in [6, 6.07) is 3.36. The zero-order valence-electron chi connectivity index (χ0n) is 7.15. The molecule has 0 saturated carbocycles. The highest BCUT2D eigenvalue weighted by Crippen LogP contribution is 2.43. The van der Waals surface area contributed by atoms with Crippen molar-refractivity contribution in [3.05, 3.63) is 35.6 Å². The van der Waals surface area contributed by atoms with E-state index in [2.05, 4.69) is 0 Å². The van der Waals surface area contributed by atoms with Crippen molar-refractivity contribution < 1.29 is 22.0 Å². The monoisotopic (exact) mass is 221 g/mol. The van der Waals surface area contributed by atoms with Gasteiger partial charge < -0.3 is 0 Å². The number of benzene rings is 1. The second kappa shape index (κ2) is 3.50. The van der Waals surface area contributed by atoms with Crippen LogP contribution < -0.4 is 0 Å². The summed E-state index contributed by atoms with van der Waals surface area (Å²) >= 11 is 0. The minimum absolute atomic E-state index is 0.157. The number of alkyl halides is 4. The van der Waals surface area contributed by atoms with E-state index in [1.807, 2.05) is 0 Å². The third-order valence-electron chi connectivity index (χ3n) is 1.75. The van der Waals surface area contributed by atoms with E-state index in [9.17, 15) is 22.0 Å². The van der Waals surface area contributed by atoms with E-state index in [1.165, 1.54) is 0 Å². The van der Waals surface area contributed by atoms with Crippen LogP contribution >= 0.6 is 0 Å². The van der Waals surface area contributed by atoms with Crippen molar-refractivity contribution in [3.63, 3.8) is 0 Å². The first-order valence-electron chi connectivity index (χ1n) is 3.75. The molecule has 0 bridgehead atoms. The molecule has 15 heavy (non-hydrogen) atoms. The molecule has 1 aromatic carbocycles. The summed E-state index contributed by atoms with van der Waals surface area (Å²) in [6.45, 7) is 0. The summed E-state index contributed by atoms with van der Waals surface area (Å²) in [4.78, 5) is 0. The van der Waals surface area contributed by atoms with Crippen LogP contribution in [0.15, 0.2) is 24.3 Å². The number of nitriles is 1. The molecule has 80 valence electrons. The van der Waals surface area contributed by atoms with Gasteiger partial charge in [0.15, 0.2) is 0 Å². The normalized spacial score (nSPS) is 12.3.